The normalized spacial score (nSPS) is 13.3. The van der Waals surface area contributed by atoms with Gasteiger partial charge < -0.3 is 21.1 Å². The Labute approximate surface area is 270 Å². The smallest absolute Gasteiger partial charge is 0.251 e. The molecular formula is C35H41N5O5S. The van der Waals surface area contributed by atoms with Gasteiger partial charge in [0.2, 0.25) is 10.0 Å². The van der Waals surface area contributed by atoms with Crippen LogP contribution in [0.5, 0.6) is 0 Å². The molecule has 1 heterocycles. The summed E-state index contributed by atoms with van der Waals surface area (Å²) in [7, 11) is -2.34. The van der Waals surface area contributed by atoms with Crippen molar-refractivity contribution in [2.75, 3.05) is 24.2 Å². The van der Waals surface area contributed by atoms with Crippen LogP contribution < -0.4 is 20.3 Å². The number of hydrogen-bond acceptors (Lipinski definition) is 7. The minimum Gasteiger partial charge on any atom is -0.390 e. The Balaban J connectivity index is 1.58. The second-order valence-corrected chi connectivity index (χ2v) is 13.5. The molecule has 0 spiro atoms. The summed E-state index contributed by atoms with van der Waals surface area (Å²) in [6.45, 7) is 4.47. The zero-order chi connectivity index (χ0) is 33.3. The summed E-state index contributed by atoms with van der Waals surface area (Å²) >= 11 is 0. The highest BCUT2D eigenvalue weighted by atomic mass is 32.2. The Morgan fingerprint density at radius 1 is 0.870 bits per heavy atom. The van der Waals surface area contributed by atoms with Crippen LogP contribution in [0.4, 0.5) is 5.69 Å². The van der Waals surface area contributed by atoms with Crippen LogP contribution in [0.1, 0.15) is 55.9 Å². The molecule has 4 aromatic rings. The van der Waals surface area contributed by atoms with E-state index in [1.165, 1.54) is 25.2 Å². The molecule has 3 aromatic carbocycles. The second-order valence-electron chi connectivity index (χ2n) is 11.4. The molecule has 0 unspecified atom stereocenters. The fourth-order valence-electron chi connectivity index (χ4n) is 4.98. The van der Waals surface area contributed by atoms with E-state index in [1.807, 2.05) is 80.6 Å². The number of aromatic nitrogens is 1. The minimum atomic E-state index is -3.70. The van der Waals surface area contributed by atoms with E-state index in [1.54, 1.807) is 12.4 Å². The van der Waals surface area contributed by atoms with Crippen LogP contribution in [0.25, 0.3) is 0 Å². The van der Waals surface area contributed by atoms with Gasteiger partial charge in [-0.2, -0.15) is 0 Å². The third-order valence-electron chi connectivity index (χ3n) is 7.64. The summed E-state index contributed by atoms with van der Waals surface area (Å²) < 4.78 is 25.9. The number of benzene rings is 3. The SMILES string of the molecule is Cc1cncc(CNC[C@@H](O)[C@H](Cc2ccccc2)NC(=O)c2cc(C(=O)N[C@H](C)c3ccccc3)cc(N(C)S(C)(=O)=O)c2)c1. The molecule has 0 saturated carbocycles. The number of aliphatic hydroxyl groups excluding tert-OH is 1. The van der Waals surface area contributed by atoms with E-state index in [-0.39, 0.29) is 29.4 Å². The van der Waals surface area contributed by atoms with Crippen molar-refractivity contribution < 1.29 is 23.1 Å². The van der Waals surface area contributed by atoms with E-state index < -0.39 is 34.0 Å². The molecule has 0 aliphatic carbocycles. The lowest BCUT2D eigenvalue weighted by atomic mass is 10.00. The Kier molecular flexibility index (Phi) is 11.6. The molecule has 0 saturated heterocycles. The first-order valence-electron chi connectivity index (χ1n) is 15.0. The van der Waals surface area contributed by atoms with E-state index in [0.717, 1.165) is 32.8 Å². The number of hydrogen-bond donors (Lipinski definition) is 4. The molecule has 4 rings (SSSR count). The van der Waals surface area contributed by atoms with Crippen molar-refractivity contribution in [1.29, 1.82) is 0 Å². The van der Waals surface area contributed by atoms with E-state index in [4.69, 9.17) is 0 Å². The monoisotopic (exact) mass is 643 g/mol. The predicted octanol–water partition coefficient (Wildman–Crippen LogP) is 3.77. The van der Waals surface area contributed by atoms with Gasteiger partial charge in [-0.05, 0) is 60.7 Å². The molecule has 46 heavy (non-hydrogen) atoms. The first-order valence-corrected chi connectivity index (χ1v) is 16.8. The lowest BCUT2D eigenvalue weighted by Gasteiger charge is -2.25. The summed E-state index contributed by atoms with van der Waals surface area (Å²) in [6, 6.07) is 24.1. The lowest BCUT2D eigenvalue weighted by Crippen LogP contribution is -2.48. The Morgan fingerprint density at radius 3 is 2.09 bits per heavy atom. The lowest BCUT2D eigenvalue weighted by molar-refractivity contribution is 0.0830. The fourth-order valence-corrected chi connectivity index (χ4v) is 5.46. The van der Waals surface area contributed by atoms with Gasteiger partial charge >= 0.3 is 0 Å². The number of aliphatic hydroxyl groups is 1. The van der Waals surface area contributed by atoms with Crippen molar-refractivity contribution in [3.63, 3.8) is 0 Å². The van der Waals surface area contributed by atoms with Crippen LogP contribution in [0.2, 0.25) is 0 Å². The van der Waals surface area contributed by atoms with Crippen LogP contribution in [0.3, 0.4) is 0 Å². The average Bonchev–Trinajstić information content (AvgIpc) is 3.04. The van der Waals surface area contributed by atoms with Gasteiger partial charge in [0.25, 0.3) is 11.8 Å². The molecule has 10 nitrogen and oxygen atoms in total. The Morgan fingerprint density at radius 2 is 1.48 bits per heavy atom. The fraction of sp³-hybridized carbons (Fsp3) is 0.286. The number of nitrogens with zero attached hydrogens (tertiary/aromatic N) is 2. The van der Waals surface area contributed by atoms with Gasteiger partial charge in [0.1, 0.15) is 0 Å². The van der Waals surface area contributed by atoms with E-state index in [0.29, 0.717) is 13.0 Å². The number of nitrogens with one attached hydrogen (secondary N) is 3. The molecule has 4 N–H and O–H groups in total. The largest absolute Gasteiger partial charge is 0.390 e. The number of aryl methyl sites for hydroxylation is 1. The van der Waals surface area contributed by atoms with Crippen LogP contribution >= 0.6 is 0 Å². The molecule has 1 aromatic heterocycles. The average molecular weight is 644 g/mol. The molecule has 11 heteroatoms. The second kappa shape index (κ2) is 15.6. The summed E-state index contributed by atoms with van der Waals surface area (Å²) in [5, 5.41) is 20.4. The van der Waals surface area contributed by atoms with Crippen molar-refractivity contribution in [2.45, 2.75) is 45.0 Å². The topological polar surface area (TPSA) is 141 Å². The number of rotatable bonds is 14. The number of amides is 2. The highest BCUT2D eigenvalue weighted by Gasteiger charge is 2.25. The zero-order valence-electron chi connectivity index (χ0n) is 26.5. The Bertz CT molecular complexity index is 1740. The summed E-state index contributed by atoms with van der Waals surface area (Å²) in [4.78, 5) is 31.4. The van der Waals surface area contributed by atoms with E-state index >= 15 is 0 Å². The minimum absolute atomic E-state index is 0.0783. The number of carbonyl (C=O) groups is 2. The van der Waals surface area contributed by atoms with Gasteiger partial charge in [-0.3, -0.25) is 18.9 Å². The molecule has 3 atom stereocenters. The van der Waals surface area contributed by atoms with Gasteiger partial charge in [-0.1, -0.05) is 66.7 Å². The molecule has 0 fully saturated rings. The number of pyridine rings is 1. The summed E-state index contributed by atoms with van der Waals surface area (Å²) in [6.07, 6.45) is 3.93. The maximum Gasteiger partial charge on any atom is 0.251 e. The summed E-state index contributed by atoms with van der Waals surface area (Å²) in [5.74, 6) is -1.03. The summed E-state index contributed by atoms with van der Waals surface area (Å²) in [5.41, 5.74) is 4.15. The highest BCUT2D eigenvalue weighted by molar-refractivity contribution is 7.92. The molecule has 0 aliphatic rings. The first kappa shape index (κ1) is 34.3. The van der Waals surface area contributed by atoms with Crippen LogP contribution in [0.15, 0.2) is 97.3 Å². The third kappa shape index (κ3) is 9.71. The van der Waals surface area contributed by atoms with E-state index in [9.17, 15) is 23.1 Å². The Hall–Kier alpha value is -4.58. The quantitative estimate of drug-likeness (QED) is 0.164. The predicted molar refractivity (Wildman–Crippen MR) is 180 cm³/mol. The van der Waals surface area contributed by atoms with Crippen molar-refractivity contribution in [1.82, 2.24) is 20.9 Å². The molecule has 242 valence electrons. The van der Waals surface area contributed by atoms with Gasteiger partial charge in [-0.25, -0.2) is 8.42 Å². The molecule has 0 radical (unpaired) electrons. The van der Waals surface area contributed by atoms with Crippen LogP contribution in [-0.2, 0) is 23.0 Å². The maximum atomic E-state index is 13.8. The van der Waals surface area contributed by atoms with Crippen molar-refractivity contribution in [3.05, 3.63) is 131 Å². The third-order valence-corrected chi connectivity index (χ3v) is 8.85. The van der Waals surface area contributed by atoms with Crippen molar-refractivity contribution >= 4 is 27.5 Å². The van der Waals surface area contributed by atoms with Gasteiger partial charge in [0.15, 0.2) is 0 Å². The molecule has 2 amide bonds. The van der Waals surface area contributed by atoms with Crippen LogP contribution in [-0.4, -0.2) is 62.3 Å². The highest BCUT2D eigenvalue weighted by Crippen LogP contribution is 2.22. The molecular weight excluding hydrogens is 602 g/mol. The standard InChI is InChI=1S/C35H41N5O5S/c1-24-15-27(21-36-20-24)22-37-23-33(41)32(16-26-11-7-5-8-12-26)39-35(43)30-17-29(18-31(19-30)40(3)46(4,44)45)34(42)38-25(2)28-13-9-6-10-14-28/h5-15,17-21,25,32-33,37,41H,16,22-23H2,1-4H3,(H,38,42)(H,39,43)/t25-,32+,33-/m1/s1. The van der Waals surface area contributed by atoms with Crippen molar-refractivity contribution in [2.24, 2.45) is 0 Å². The first-order chi connectivity index (χ1) is 21.9. The van der Waals surface area contributed by atoms with Crippen LogP contribution in [0, 0.1) is 6.92 Å². The zero-order valence-corrected chi connectivity index (χ0v) is 27.3. The van der Waals surface area contributed by atoms with Gasteiger partial charge in [-0.15, -0.1) is 0 Å². The molecule has 0 bridgehead atoms. The number of anilines is 1. The van der Waals surface area contributed by atoms with Gasteiger partial charge in [0.05, 0.1) is 30.1 Å². The number of carbonyl (C=O) groups excluding carboxylic acids is 2. The number of sulfonamides is 1. The maximum absolute atomic E-state index is 13.8. The van der Waals surface area contributed by atoms with Crippen molar-refractivity contribution in [3.8, 4) is 0 Å². The van der Waals surface area contributed by atoms with Gasteiger partial charge in [0, 0.05) is 43.7 Å². The molecule has 0 aliphatic heterocycles. The van der Waals surface area contributed by atoms with E-state index in [2.05, 4.69) is 20.9 Å².